The summed E-state index contributed by atoms with van der Waals surface area (Å²) in [5.74, 6) is 2.78. The number of hydrogen-bond donors (Lipinski definition) is 1. The van der Waals surface area contributed by atoms with E-state index in [9.17, 15) is 5.11 Å². The number of terminal acetylenes is 1. The van der Waals surface area contributed by atoms with Crippen molar-refractivity contribution in [1.29, 1.82) is 0 Å². The molecule has 0 amide bonds. The monoisotopic (exact) mass is 507 g/mol. The number of pyridine rings is 1. The van der Waals surface area contributed by atoms with E-state index in [-0.39, 0.29) is 5.04 Å². The summed E-state index contributed by atoms with van der Waals surface area (Å²) in [4.78, 5) is 4.47. The van der Waals surface area contributed by atoms with Crippen LogP contribution in [-0.4, -0.2) is 24.5 Å². The Morgan fingerprint density at radius 2 is 1.53 bits per heavy atom. The summed E-state index contributed by atoms with van der Waals surface area (Å²) < 4.78 is 7.90. The zero-order valence-corrected chi connectivity index (χ0v) is 21.6. The number of nitrogens with zero attached hydrogens (tertiary/aromatic N) is 1. The van der Waals surface area contributed by atoms with Gasteiger partial charge in [0.15, 0.2) is 0 Å². The number of aliphatic hydroxyl groups is 1. The van der Waals surface area contributed by atoms with Crippen LogP contribution in [0.1, 0.15) is 39.8 Å². The number of hydrogen-bond acceptors (Lipinski definition) is 3. The zero-order chi connectivity index (χ0) is 23.4. The van der Waals surface area contributed by atoms with E-state index >= 15 is 0 Å². The Hall–Kier alpha value is -2.23. The van der Waals surface area contributed by atoms with Crippen LogP contribution in [0.2, 0.25) is 5.04 Å². The summed E-state index contributed by atoms with van der Waals surface area (Å²) in [6.45, 7) is 8.48. The standard InChI is InChI=1S/C27H30BrNO2Si/c1-6-25(27(30,7-2)24-19-18-21(28)20-29-24)31-32(26(3,4)5,22-14-10-8-11-15-22)23-16-12-9-13-17-23/h1,8-20,25,30H,7H2,2-5H3/t25-,27?/m0/s1. The normalized spacial score (nSPS) is 14.9. The van der Waals surface area contributed by atoms with E-state index in [2.05, 4.69) is 71.9 Å². The molecule has 3 nitrogen and oxygen atoms in total. The van der Waals surface area contributed by atoms with Crippen molar-refractivity contribution in [2.45, 2.75) is 50.9 Å². The second-order valence-electron chi connectivity index (χ2n) is 8.97. The highest BCUT2D eigenvalue weighted by Gasteiger charge is 2.54. The largest absolute Gasteiger partial charge is 0.391 e. The molecule has 2 atom stereocenters. The second kappa shape index (κ2) is 9.72. The van der Waals surface area contributed by atoms with Gasteiger partial charge in [-0.2, -0.15) is 0 Å². The van der Waals surface area contributed by atoms with Crippen LogP contribution < -0.4 is 10.4 Å². The van der Waals surface area contributed by atoms with E-state index in [1.54, 1.807) is 12.3 Å². The first kappa shape index (κ1) is 24.4. The van der Waals surface area contributed by atoms with Crippen LogP contribution in [0.4, 0.5) is 0 Å². The minimum atomic E-state index is -2.94. The summed E-state index contributed by atoms with van der Waals surface area (Å²) in [6.07, 6.45) is 7.22. The van der Waals surface area contributed by atoms with Gasteiger partial charge in [0.25, 0.3) is 8.32 Å². The molecule has 1 N–H and O–H groups in total. The molecule has 0 aliphatic carbocycles. The van der Waals surface area contributed by atoms with Crippen molar-refractivity contribution in [3.63, 3.8) is 0 Å². The molecule has 0 fully saturated rings. The van der Waals surface area contributed by atoms with Gasteiger partial charge in [-0.1, -0.05) is 94.3 Å². The van der Waals surface area contributed by atoms with Gasteiger partial charge >= 0.3 is 0 Å². The van der Waals surface area contributed by atoms with Gasteiger partial charge in [-0.25, -0.2) is 0 Å². The summed E-state index contributed by atoms with van der Waals surface area (Å²) in [5.41, 5.74) is -0.924. The molecule has 0 bridgehead atoms. The Bertz CT molecular complexity index is 1020. The number of halogens is 1. The number of benzene rings is 2. The van der Waals surface area contributed by atoms with Crippen LogP contribution in [-0.2, 0) is 10.0 Å². The molecule has 1 heterocycles. The van der Waals surface area contributed by atoms with Gasteiger partial charge in [0.1, 0.15) is 11.7 Å². The maximum Gasteiger partial charge on any atom is 0.262 e. The van der Waals surface area contributed by atoms with E-state index in [0.29, 0.717) is 12.1 Å². The lowest BCUT2D eigenvalue weighted by molar-refractivity contribution is -0.0517. The van der Waals surface area contributed by atoms with Gasteiger partial charge in [-0.3, -0.25) is 4.98 Å². The maximum absolute atomic E-state index is 11.8. The third-order valence-corrected chi connectivity index (χ3v) is 11.5. The highest BCUT2D eigenvalue weighted by molar-refractivity contribution is 9.10. The van der Waals surface area contributed by atoms with E-state index in [4.69, 9.17) is 10.8 Å². The first-order chi connectivity index (χ1) is 15.2. The van der Waals surface area contributed by atoms with Crippen LogP contribution in [0.25, 0.3) is 0 Å². The molecular formula is C27H30BrNO2Si. The molecule has 3 rings (SSSR count). The Morgan fingerprint density at radius 3 is 1.91 bits per heavy atom. The molecule has 2 aromatic carbocycles. The highest BCUT2D eigenvalue weighted by atomic mass is 79.9. The first-order valence-electron chi connectivity index (χ1n) is 10.8. The molecule has 0 saturated carbocycles. The summed E-state index contributed by atoms with van der Waals surface area (Å²) >= 11 is 3.42. The molecule has 0 radical (unpaired) electrons. The molecule has 3 aromatic rings. The van der Waals surface area contributed by atoms with Crippen molar-refractivity contribution < 1.29 is 9.53 Å². The first-order valence-corrected chi connectivity index (χ1v) is 13.5. The minimum Gasteiger partial charge on any atom is -0.391 e. The fourth-order valence-electron chi connectivity index (χ4n) is 4.27. The molecular weight excluding hydrogens is 478 g/mol. The van der Waals surface area contributed by atoms with Crippen molar-refractivity contribution >= 4 is 34.6 Å². The SMILES string of the molecule is C#C[C@H](O[Si](c1ccccc1)(c1ccccc1)C(C)(C)C)C(O)(CC)c1ccc(Br)cn1. The third-order valence-electron chi connectivity index (χ3n) is 6.01. The topological polar surface area (TPSA) is 42.4 Å². The quantitative estimate of drug-likeness (QED) is 0.360. The molecule has 0 aliphatic heterocycles. The molecule has 166 valence electrons. The Morgan fingerprint density at radius 1 is 1.00 bits per heavy atom. The molecule has 0 spiro atoms. The maximum atomic E-state index is 11.8. The summed E-state index contributed by atoms with van der Waals surface area (Å²) in [5, 5.41) is 13.8. The van der Waals surface area contributed by atoms with E-state index in [0.717, 1.165) is 14.8 Å². The lowest BCUT2D eigenvalue weighted by atomic mass is 9.90. The molecule has 0 aliphatic rings. The average molecular weight is 509 g/mol. The second-order valence-corrected chi connectivity index (χ2v) is 14.1. The Kier molecular flexibility index (Phi) is 7.42. The molecule has 0 saturated heterocycles. The molecule has 1 unspecified atom stereocenters. The van der Waals surface area contributed by atoms with E-state index in [1.807, 2.05) is 49.4 Å². The van der Waals surface area contributed by atoms with Gasteiger partial charge in [0, 0.05) is 10.7 Å². The van der Waals surface area contributed by atoms with Crippen LogP contribution in [0.15, 0.2) is 83.5 Å². The molecule has 32 heavy (non-hydrogen) atoms. The molecule has 1 aromatic heterocycles. The summed E-state index contributed by atoms with van der Waals surface area (Å²) in [6, 6.07) is 24.2. The summed E-state index contributed by atoms with van der Waals surface area (Å²) in [7, 11) is -2.94. The van der Waals surface area contributed by atoms with Crippen LogP contribution in [0, 0.1) is 12.3 Å². The van der Waals surface area contributed by atoms with Crippen molar-refractivity contribution in [3.8, 4) is 12.3 Å². The van der Waals surface area contributed by atoms with Crippen molar-refractivity contribution in [2.24, 2.45) is 0 Å². The van der Waals surface area contributed by atoms with Crippen molar-refractivity contribution in [1.82, 2.24) is 4.98 Å². The lowest BCUT2D eigenvalue weighted by Crippen LogP contribution is -2.69. The van der Waals surface area contributed by atoms with Gasteiger partial charge in [-0.15, -0.1) is 6.42 Å². The number of rotatable bonds is 7. The fraction of sp³-hybridized carbons (Fsp3) is 0.296. The molecule has 5 heteroatoms. The average Bonchev–Trinajstić information content (AvgIpc) is 2.80. The van der Waals surface area contributed by atoms with Crippen LogP contribution >= 0.6 is 15.9 Å². The van der Waals surface area contributed by atoms with E-state index in [1.165, 1.54) is 0 Å². The minimum absolute atomic E-state index is 0.257. The zero-order valence-electron chi connectivity index (χ0n) is 19.0. The Labute approximate surface area is 201 Å². The lowest BCUT2D eigenvalue weighted by Gasteiger charge is -2.46. The van der Waals surface area contributed by atoms with Crippen molar-refractivity contribution in [2.75, 3.05) is 0 Å². The van der Waals surface area contributed by atoms with Gasteiger partial charge in [0.2, 0.25) is 0 Å². The highest BCUT2D eigenvalue weighted by Crippen LogP contribution is 2.40. The predicted molar refractivity (Wildman–Crippen MR) is 137 cm³/mol. The van der Waals surface area contributed by atoms with Gasteiger partial charge < -0.3 is 9.53 Å². The van der Waals surface area contributed by atoms with Crippen molar-refractivity contribution in [3.05, 3.63) is 89.2 Å². The van der Waals surface area contributed by atoms with Gasteiger partial charge in [0.05, 0.1) is 5.69 Å². The number of aromatic nitrogens is 1. The fourth-order valence-corrected chi connectivity index (χ4v) is 9.14. The smallest absolute Gasteiger partial charge is 0.262 e. The predicted octanol–water partition coefficient (Wildman–Crippen LogP) is 5.02. The Balaban J connectivity index is 2.23. The van der Waals surface area contributed by atoms with E-state index < -0.39 is 20.0 Å². The third kappa shape index (κ3) is 4.46. The van der Waals surface area contributed by atoms with Crippen LogP contribution in [0.5, 0.6) is 0 Å². The van der Waals surface area contributed by atoms with Gasteiger partial charge in [-0.05, 0) is 49.9 Å². The van der Waals surface area contributed by atoms with Crippen LogP contribution in [0.3, 0.4) is 0 Å².